The van der Waals surface area contributed by atoms with E-state index in [0.29, 0.717) is 6.54 Å². The Hall–Kier alpha value is -0.780. The molecule has 0 atom stereocenters. The van der Waals surface area contributed by atoms with Crippen molar-refractivity contribution in [3.63, 3.8) is 0 Å². The first-order valence-electron chi connectivity index (χ1n) is 3.59. The lowest BCUT2D eigenvalue weighted by atomic mass is 10.4. The number of nitrogens with two attached hydrogens (primary N) is 1. The topological polar surface area (TPSA) is 58.4 Å². The Balaban J connectivity index is 2.54. The van der Waals surface area contributed by atoms with Crippen LogP contribution >= 0.6 is 22.9 Å². The van der Waals surface area contributed by atoms with Crippen LogP contribution in [0.2, 0.25) is 4.34 Å². The molecule has 72 valence electrons. The van der Waals surface area contributed by atoms with Gasteiger partial charge in [-0.25, -0.2) is 10.6 Å². The third kappa shape index (κ3) is 2.87. The monoisotopic (exact) mass is 219 g/mol. The molecular weight excluding hydrogens is 210 g/mol. The molecule has 6 heteroatoms. The number of urea groups is 1. The summed E-state index contributed by atoms with van der Waals surface area (Å²) in [5, 5.41) is 0. The molecule has 0 saturated carbocycles. The van der Waals surface area contributed by atoms with Crippen LogP contribution in [0.4, 0.5) is 4.79 Å². The van der Waals surface area contributed by atoms with E-state index < -0.39 is 0 Å². The predicted molar refractivity (Wildman–Crippen MR) is 53.5 cm³/mol. The molecule has 0 aliphatic carbocycles. The molecule has 0 aliphatic rings. The van der Waals surface area contributed by atoms with Gasteiger partial charge < -0.3 is 4.90 Å². The molecule has 1 aromatic heterocycles. The summed E-state index contributed by atoms with van der Waals surface area (Å²) in [7, 11) is 1.66. The molecule has 0 bridgehead atoms. The minimum Gasteiger partial charge on any atom is -0.322 e. The van der Waals surface area contributed by atoms with Gasteiger partial charge in [0, 0.05) is 11.9 Å². The quantitative estimate of drug-likeness (QED) is 0.449. The van der Waals surface area contributed by atoms with Crippen LogP contribution < -0.4 is 11.3 Å². The molecule has 0 radical (unpaired) electrons. The van der Waals surface area contributed by atoms with Gasteiger partial charge in [-0.15, -0.1) is 11.3 Å². The smallest absolute Gasteiger partial charge is 0.322 e. The standard InChI is InChI=1S/C7H10ClN3OS/c1-11(7(12)10-9)4-5-2-3-6(8)13-5/h2-3H,4,9H2,1H3,(H,10,12). The Kier molecular flexibility index (Phi) is 3.53. The van der Waals surface area contributed by atoms with Crippen molar-refractivity contribution >= 4 is 29.0 Å². The van der Waals surface area contributed by atoms with Crippen molar-refractivity contribution in [1.29, 1.82) is 0 Å². The SMILES string of the molecule is CN(Cc1ccc(Cl)s1)C(=O)NN. The molecule has 0 aliphatic heterocycles. The second-order valence-corrected chi connectivity index (χ2v) is 4.31. The number of rotatable bonds is 2. The van der Waals surface area contributed by atoms with Crippen molar-refractivity contribution in [3.8, 4) is 0 Å². The molecule has 1 heterocycles. The highest BCUT2D eigenvalue weighted by Crippen LogP contribution is 2.22. The molecule has 13 heavy (non-hydrogen) atoms. The van der Waals surface area contributed by atoms with Crippen LogP contribution in [0.1, 0.15) is 4.88 Å². The molecule has 4 nitrogen and oxygen atoms in total. The Morgan fingerprint density at radius 2 is 2.46 bits per heavy atom. The molecule has 2 amide bonds. The third-order valence-electron chi connectivity index (χ3n) is 1.49. The first-order chi connectivity index (χ1) is 6.13. The summed E-state index contributed by atoms with van der Waals surface area (Å²) in [6, 6.07) is 3.37. The Morgan fingerprint density at radius 1 is 1.77 bits per heavy atom. The van der Waals surface area contributed by atoms with Crippen LogP contribution in [0.5, 0.6) is 0 Å². The number of hydrogen-bond donors (Lipinski definition) is 2. The van der Waals surface area contributed by atoms with Crippen LogP contribution in [-0.4, -0.2) is 18.0 Å². The third-order valence-corrected chi connectivity index (χ3v) is 2.71. The Morgan fingerprint density at radius 3 is 2.92 bits per heavy atom. The van der Waals surface area contributed by atoms with Crippen LogP contribution in [0.3, 0.4) is 0 Å². The van der Waals surface area contributed by atoms with Gasteiger partial charge >= 0.3 is 6.03 Å². The van der Waals surface area contributed by atoms with Gasteiger partial charge in [0.25, 0.3) is 0 Å². The van der Waals surface area contributed by atoms with Gasteiger partial charge in [-0.2, -0.15) is 0 Å². The van der Waals surface area contributed by atoms with E-state index in [1.165, 1.54) is 16.2 Å². The molecule has 1 aromatic rings. The predicted octanol–water partition coefficient (Wildman–Crippen LogP) is 1.42. The highest BCUT2D eigenvalue weighted by Gasteiger charge is 2.07. The lowest BCUT2D eigenvalue weighted by Crippen LogP contribution is -2.40. The molecule has 0 saturated heterocycles. The van der Waals surface area contributed by atoms with E-state index in [-0.39, 0.29) is 6.03 Å². The van der Waals surface area contributed by atoms with Gasteiger partial charge in [-0.05, 0) is 12.1 Å². The molecule has 0 aromatic carbocycles. The normalized spacial score (nSPS) is 9.77. The zero-order chi connectivity index (χ0) is 9.84. The zero-order valence-electron chi connectivity index (χ0n) is 7.08. The number of nitrogens with one attached hydrogen (secondary N) is 1. The molecule has 0 unspecified atom stereocenters. The summed E-state index contributed by atoms with van der Waals surface area (Å²) in [6.07, 6.45) is 0. The van der Waals surface area contributed by atoms with Crippen LogP contribution in [-0.2, 0) is 6.54 Å². The van der Waals surface area contributed by atoms with Crippen LogP contribution in [0.25, 0.3) is 0 Å². The minimum atomic E-state index is -0.315. The van der Waals surface area contributed by atoms with Crippen molar-refractivity contribution < 1.29 is 4.79 Å². The number of carbonyl (C=O) groups is 1. The summed E-state index contributed by atoms with van der Waals surface area (Å²) in [5.74, 6) is 4.97. The molecule has 3 N–H and O–H groups in total. The number of thiophene rings is 1. The number of hydrogen-bond acceptors (Lipinski definition) is 3. The summed E-state index contributed by atoms with van der Waals surface area (Å²) in [6.45, 7) is 0.514. The first kappa shape index (κ1) is 10.3. The Labute approximate surface area is 85.3 Å². The number of carbonyl (C=O) groups excluding carboxylic acids is 1. The highest BCUT2D eigenvalue weighted by atomic mass is 35.5. The lowest BCUT2D eigenvalue weighted by molar-refractivity contribution is 0.207. The fraction of sp³-hybridized carbons (Fsp3) is 0.286. The van der Waals surface area contributed by atoms with Gasteiger partial charge in [0.1, 0.15) is 0 Å². The van der Waals surface area contributed by atoms with Crippen LogP contribution in [0, 0.1) is 0 Å². The van der Waals surface area contributed by atoms with Gasteiger partial charge in [-0.1, -0.05) is 11.6 Å². The second-order valence-electron chi connectivity index (χ2n) is 2.51. The maximum Gasteiger partial charge on any atom is 0.331 e. The summed E-state index contributed by atoms with van der Waals surface area (Å²) in [4.78, 5) is 13.5. The van der Waals surface area contributed by atoms with Gasteiger partial charge in [-0.3, -0.25) is 5.43 Å². The molecule has 0 spiro atoms. The number of hydrazine groups is 1. The maximum absolute atomic E-state index is 11.0. The molecule has 0 fully saturated rings. The van der Waals surface area contributed by atoms with Crippen molar-refractivity contribution in [2.75, 3.05) is 7.05 Å². The van der Waals surface area contributed by atoms with Gasteiger partial charge in [0.15, 0.2) is 0 Å². The zero-order valence-corrected chi connectivity index (χ0v) is 8.65. The summed E-state index contributed by atoms with van der Waals surface area (Å²) >= 11 is 7.18. The minimum absolute atomic E-state index is 0.315. The molecular formula is C7H10ClN3OS. The number of amides is 2. The van der Waals surface area contributed by atoms with Gasteiger partial charge in [0.2, 0.25) is 0 Å². The fourth-order valence-corrected chi connectivity index (χ4v) is 1.99. The van der Waals surface area contributed by atoms with E-state index in [2.05, 4.69) is 5.43 Å². The van der Waals surface area contributed by atoms with E-state index in [1.807, 2.05) is 6.07 Å². The number of nitrogens with zero attached hydrogens (tertiary/aromatic N) is 1. The summed E-state index contributed by atoms with van der Waals surface area (Å²) < 4.78 is 0.719. The van der Waals surface area contributed by atoms with E-state index in [0.717, 1.165) is 9.21 Å². The van der Waals surface area contributed by atoms with E-state index >= 15 is 0 Å². The number of halogens is 1. The lowest BCUT2D eigenvalue weighted by Gasteiger charge is -2.14. The first-order valence-corrected chi connectivity index (χ1v) is 4.79. The summed E-state index contributed by atoms with van der Waals surface area (Å²) in [5.41, 5.74) is 2.05. The van der Waals surface area contributed by atoms with Gasteiger partial charge in [0.05, 0.1) is 10.9 Å². The van der Waals surface area contributed by atoms with E-state index in [9.17, 15) is 4.79 Å². The molecule has 1 rings (SSSR count). The average molecular weight is 220 g/mol. The van der Waals surface area contributed by atoms with Crippen molar-refractivity contribution in [3.05, 3.63) is 21.3 Å². The average Bonchev–Trinajstić information content (AvgIpc) is 2.49. The van der Waals surface area contributed by atoms with E-state index in [4.69, 9.17) is 17.4 Å². The largest absolute Gasteiger partial charge is 0.331 e. The Bertz CT molecular complexity index is 302. The van der Waals surface area contributed by atoms with Crippen molar-refractivity contribution in [2.45, 2.75) is 6.54 Å². The maximum atomic E-state index is 11.0. The van der Waals surface area contributed by atoms with E-state index in [1.54, 1.807) is 13.1 Å². The second kappa shape index (κ2) is 4.45. The van der Waals surface area contributed by atoms with Crippen molar-refractivity contribution in [2.24, 2.45) is 5.84 Å². The highest BCUT2D eigenvalue weighted by molar-refractivity contribution is 7.16. The van der Waals surface area contributed by atoms with Crippen molar-refractivity contribution in [1.82, 2.24) is 10.3 Å². The van der Waals surface area contributed by atoms with Crippen LogP contribution in [0.15, 0.2) is 12.1 Å². The fourth-order valence-electron chi connectivity index (χ4n) is 0.852.